The van der Waals surface area contributed by atoms with Crippen molar-refractivity contribution in [1.82, 2.24) is 4.98 Å². The maximum Gasteiger partial charge on any atom is 0.399 e. The van der Waals surface area contributed by atoms with Crippen molar-refractivity contribution in [2.45, 2.75) is 24.9 Å². The Morgan fingerprint density at radius 1 is 1.00 bits per heavy atom. The zero-order valence-corrected chi connectivity index (χ0v) is 19.1. The van der Waals surface area contributed by atoms with Crippen LogP contribution in [-0.2, 0) is 6.42 Å². The van der Waals surface area contributed by atoms with Crippen LogP contribution in [-0.4, -0.2) is 16.9 Å². The molecule has 0 aliphatic carbocycles. The molecule has 0 radical (unpaired) electrons. The Morgan fingerprint density at radius 2 is 1.70 bits per heavy atom. The van der Waals surface area contributed by atoms with E-state index >= 15 is 0 Å². The monoisotopic (exact) mass is 515 g/mol. The van der Waals surface area contributed by atoms with E-state index in [1.54, 1.807) is 12.1 Å². The van der Waals surface area contributed by atoms with Crippen molar-refractivity contribution in [3.8, 4) is 0 Å². The number of hydrogen-bond acceptors (Lipinski definition) is 2. The molecule has 0 N–H and O–H groups in total. The second kappa shape index (κ2) is 10.7. The lowest BCUT2D eigenvalue weighted by atomic mass is 9.96. The second-order valence-electron chi connectivity index (χ2n) is 7.23. The van der Waals surface area contributed by atoms with Crippen LogP contribution >= 0.6 is 34.8 Å². The Bertz CT molecular complexity index is 1160. The lowest BCUT2D eigenvalue weighted by Gasteiger charge is -2.18. The molecule has 1 atom stereocenters. The number of carbonyl (C=O) groups is 1. The molecular formula is C24H16Cl3F4NO. The van der Waals surface area contributed by atoms with Crippen LogP contribution in [0.1, 0.15) is 39.4 Å². The molecule has 0 spiro atoms. The van der Waals surface area contributed by atoms with E-state index in [1.807, 2.05) is 0 Å². The Balaban J connectivity index is 1.76. The van der Waals surface area contributed by atoms with E-state index in [1.165, 1.54) is 36.5 Å². The normalized spacial score (nSPS) is 12.8. The standard InChI is InChI=1S/C24H16Cl3F4NO/c25-17-10-16(11-18(26)12-17)20(24(29,30)31)6-2-14-1-5-19(21(28)9-14)22(33)7-3-15-4-8-23(27)32-13-15/h1-2,4-6,8-13,20H,3,7H2/b6-2+. The van der Waals surface area contributed by atoms with Gasteiger partial charge in [-0.2, -0.15) is 13.2 Å². The number of ketones is 1. The predicted octanol–water partition coefficient (Wildman–Crippen LogP) is 8.36. The number of nitrogens with zero attached hydrogens (tertiary/aromatic N) is 1. The molecule has 0 aliphatic rings. The van der Waals surface area contributed by atoms with E-state index in [-0.39, 0.29) is 33.2 Å². The van der Waals surface area contributed by atoms with E-state index in [2.05, 4.69) is 4.98 Å². The molecule has 1 aromatic heterocycles. The summed E-state index contributed by atoms with van der Waals surface area (Å²) in [6.07, 6.45) is -0.657. The topological polar surface area (TPSA) is 30.0 Å². The molecule has 172 valence electrons. The van der Waals surface area contributed by atoms with Gasteiger partial charge >= 0.3 is 6.18 Å². The van der Waals surface area contributed by atoms with E-state index in [4.69, 9.17) is 34.8 Å². The van der Waals surface area contributed by atoms with Gasteiger partial charge < -0.3 is 0 Å². The minimum Gasteiger partial charge on any atom is -0.294 e. The van der Waals surface area contributed by atoms with E-state index in [9.17, 15) is 22.4 Å². The minimum absolute atomic E-state index is 0.0428. The predicted molar refractivity (Wildman–Crippen MR) is 123 cm³/mol. The third-order valence-electron chi connectivity index (χ3n) is 4.80. The first-order valence-electron chi connectivity index (χ1n) is 9.67. The number of aryl methyl sites for hydroxylation is 1. The zero-order valence-electron chi connectivity index (χ0n) is 16.8. The first kappa shape index (κ1) is 25.2. The van der Waals surface area contributed by atoms with Crippen LogP contribution in [0, 0.1) is 5.82 Å². The highest BCUT2D eigenvalue weighted by molar-refractivity contribution is 6.34. The third-order valence-corrected chi connectivity index (χ3v) is 5.46. The highest BCUT2D eigenvalue weighted by Gasteiger charge is 2.39. The minimum atomic E-state index is -4.62. The van der Waals surface area contributed by atoms with Gasteiger partial charge in [-0.15, -0.1) is 0 Å². The summed E-state index contributed by atoms with van der Waals surface area (Å²) in [6.45, 7) is 0. The van der Waals surface area contributed by atoms with Gasteiger partial charge in [-0.05, 0) is 59.5 Å². The molecule has 1 heterocycles. The Kier molecular flexibility index (Phi) is 8.16. The Hall–Kier alpha value is -2.41. The van der Waals surface area contributed by atoms with Crippen LogP contribution in [0.2, 0.25) is 15.2 Å². The summed E-state index contributed by atoms with van der Waals surface area (Å²) in [4.78, 5) is 16.3. The van der Waals surface area contributed by atoms with Gasteiger partial charge in [0.15, 0.2) is 5.78 Å². The van der Waals surface area contributed by atoms with Crippen molar-refractivity contribution in [1.29, 1.82) is 0 Å². The Morgan fingerprint density at radius 3 is 2.27 bits per heavy atom. The highest BCUT2D eigenvalue weighted by atomic mass is 35.5. The van der Waals surface area contributed by atoms with Gasteiger partial charge in [0, 0.05) is 22.7 Å². The van der Waals surface area contributed by atoms with Crippen molar-refractivity contribution >= 4 is 46.7 Å². The molecule has 0 saturated heterocycles. The molecule has 0 aliphatic heterocycles. The SMILES string of the molecule is O=C(CCc1ccc(Cl)nc1)c1ccc(/C=C/C(c2cc(Cl)cc(Cl)c2)C(F)(F)F)cc1F. The maximum absolute atomic E-state index is 14.5. The van der Waals surface area contributed by atoms with Crippen LogP contribution in [0.25, 0.3) is 6.08 Å². The molecular weight excluding hydrogens is 501 g/mol. The average molecular weight is 517 g/mol. The van der Waals surface area contributed by atoms with Gasteiger partial charge in [0.1, 0.15) is 11.0 Å². The molecule has 0 amide bonds. The van der Waals surface area contributed by atoms with Crippen LogP contribution < -0.4 is 0 Å². The first-order chi connectivity index (χ1) is 15.5. The molecule has 0 bridgehead atoms. The van der Waals surface area contributed by atoms with Gasteiger partial charge in [-0.25, -0.2) is 9.37 Å². The smallest absolute Gasteiger partial charge is 0.294 e. The molecule has 1 unspecified atom stereocenters. The quantitative estimate of drug-likeness (QED) is 0.179. The summed E-state index contributed by atoms with van der Waals surface area (Å²) < 4.78 is 55.3. The molecule has 0 saturated carbocycles. The van der Waals surface area contributed by atoms with Crippen molar-refractivity contribution in [3.05, 3.63) is 104 Å². The molecule has 9 heteroatoms. The van der Waals surface area contributed by atoms with Gasteiger partial charge in [0.25, 0.3) is 0 Å². The molecule has 3 aromatic rings. The fourth-order valence-corrected chi connectivity index (χ4v) is 3.83. The largest absolute Gasteiger partial charge is 0.399 e. The number of hydrogen-bond donors (Lipinski definition) is 0. The van der Waals surface area contributed by atoms with Crippen LogP contribution in [0.4, 0.5) is 17.6 Å². The lowest BCUT2D eigenvalue weighted by molar-refractivity contribution is -0.139. The van der Waals surface area contributed by atoms with E-state index in [0.717, 1.165) is 23.8 Å². The third kappa shape index (κ3) is 7.03. The summed E-state index contributed by atoms with van der Waals surface area (Å²) in [5.41, 5.74) is 0.670. The van der Waals surface area contributed by atoms with Crippen molar-refractivity contribution < 1.29 is 22.4 Å². The van der Waals surface area contributed by atoms with Gasteiger partial charge in [0.05, 0.1) is 11.5 Å². The van der Waals surface area contributed by atoms with Gasteiger partial charge in [0.2, 0.25) is 0 Å². The lowest BCUT2D eigenvalue weighted by Crippen LogP contribution is -2.18. The summed E-state index contributed by atoms with van der Waals surface area (Å²) in [5.74, 6) is -3.24. The summed E-state index contributed by atoms with van der Waals surface area (Å²) >= 11 is 17.4. The molecule has 2 nitrogen and oxygen atoms in total. The maximum atomic E-state index is 14.5. The fourth-order valence-electron chi connectivity index (χ4n) is 3.18. The number of pyridine rings is 1. The van der Waals surface area contributed by atoms with E-state index in [0.29, 0.717) is 11.6 Å². The number of alkyl halides is 3. The molecule has 3 rings (SSSR count). The number of benzene rings is 2. The summed E-state index contributed by atoms with van der Waals surface area (Å²) in [5, 5.41) is 0.470. The van der Waals surface area contributed by atoms with E-state index < -0.39 is 23.7 Å². The van der Waals surface area contributed by atoms with Crippen LogP contribution in [0.5, 0.6) is 0 Å². The average Bonchev–Trinajstić information content (AvgIpc) is 2.71. The second-order valence-corrected chi connectivity index (χ2v) is 8.49. The number of rotatable bonds is 7. The summed E-state index contributed by atoms with van der Waals surface area (Å²) in [6, 6.07) is 10.7. The number of Topliss-reactive ketones (excluding diaryl/α,β-unsaturated/α-hetero) is 1. The van der Waals surface area contributed by atoms with Crippen LogP contribution in [0.3, 0.4) is 0 Å². The number of carbonyl (C=O) groups excluding carboxylic acids is 1. The highest BCUT2D eigenvalue weighted by Crippen LogP contribution is 2.38. The van der Waals surface area contributed by atoms with Crippen molar-refractivity contribution in [2.75, 3.05) is 0 Å². The van der Waals surface area contributed by atoms with Crippen molar-refractivity contribution in [2.24, 2.45) is 0 Å². The molecule has 2 aromatic carbocycles. The van der Waals surface area contributed by atoms with Crippen LogP contribution in [0.15, 0.2) is 60.8 Å². The fraction of sp³-hybridized carbons (Fsp3) is 0.167. The number of aromatic nitrogens is 1. The first-order valence-corrected chi connectivity index (χ1v) is 10.8. The number of halogens is 7. The molecule has 0 fully saturated rings. The van der Waals surface area contributed by atoms with Gasteiger partial charge in [-0.1, -0.05) is 59.1 Å². The summed E-state index contributed by atoms with van der Waals surface area (Å²) in [7, 11) is 0. The Labute approximate surface area is 202 Å². The zero-order chi connectivity index (χ0) is 24.2. The van der Waals surface area contributed by atoms with Gasteiger partial charge in [-0.3, -0.25) is 4.79 Å². The van der Waals surface area contributed by atoms with Crippen molar-refractivity contribution in [3.63, 3.8) is 0 Å². The number of allylic oxidation sites excluding steroid dienone is 1. The molecule has 33 heavy (non-hydrogen) atoms.